The second kappa shape index (κ2) is 50.2. The van der Waals surface area contributed by atoms with E-state index >= 15 is 0 Å². The number of carbonyl (C=O) groups is 2. The second-order valence-corrected chi connectivity index (χ2v) is 1.04. The van der Waals surface area contributed by atoms with Gasteiger partial charge in [0.1, 0.15) is 0 Å². The zero-order valence-electron chi connectivity index (χ0n) is 9.31. The zero-order chi connectivity index (χ0) is 7.15. The van der Waals surface area contributed by atoms with Gasteiger partial charge in [-0.25, -0.2) is 0 Å². The zero-order valence-corrected chi connectivity index (χ0v) is 13.6. The number of hydrogen-bond donors (Lipinski definition) is 2. The monoisotopic (exact) mass is 574 g/mol. The van der Waals surface area contributed by atoms with Gasteiger partial charge in [-0.1, -0.05) is 0 Å². The predicted molar refractivity (Wildman–Crippen MR) is 52.3 cm³/mol. The quantitative estimate of drug-likeness (QED) is 0.343. The maximum absolute atomic E-state index is 9.00. The van der Waals surface area contributed by atoms with Gasteiger partial charge in [-0.05, 0) is 0 Å². The van der Waals surface area contributed by atoms with Gasteiger partial charge in [0.05, 0.1) is 0 Å². The van der Waals surface area contributed by atoms with E-state index in [0.29, 0.717) is 0 Å². The minimum atomic E-state index is -0.833. The summed E-state index contributed by atoms with van der Waals surface area (Å²) in [5.74, 6) is -1.67. The molecule has 6 heteroatoms. The first-order valence-electron chi connectivity index (χ1n) is 1.86. The van der Waals surface area contributed by atoms with Gasteiger partial charge in [0.25, 0.3) is 11.9 Å². The number of rotatable bonds is 0. The van der Waals surface area contributed by atoms with Crippen molar-refractivity contribution in [1.82, 2.24) is 0 Å². The third-order valence-electron chi connectivity index (χ3n) is 0. The molecule has 0 amide bonds. The summed E-state index contributed by atoms with van der Waals surface area (Å²) >= 11 is 0. The van der Waals surface area contributed by atoms with Crippen LogP contribution in [0.1, 0.15) is 13.8 Å². The summed E-state index contributed by atoms with van der Waals surface area (Å²) in [4.78, 5) is 18.0. The van der Waals surface area contributed by atoms with Crippen molar-refractivity contribution in [2.24, 2.45) is 0 Å². The molecule has 0 saturated heterocycles. The molecule has 0 aliphatic rings. The van der Waals surface area contributed by atoms with E-state index < -0.39 is 11.9 Å². The standard InChI is InChI=1S/2C2H4O2.4CH3.2Au/c2*1-2(3)4;;;;;;/h2*1H3,(H,3,4);4*1H3;;/q;;4*-1;;. The summed E-state index contributed by atoms with van der Waals surface area (Å²) in [7, 11) is 0. The molecule has 0 atom stereocenters. The Morgan fingerprint density at radius 3 is 0.714 bits per heavy atom. The molecule has 102 valence electrons. The molecule has 0 unspecified atom stereocenters. The molecule has 0 bridgehead atoms. The van der Waals surface area contributed by atoms with Crippen molar-refractivity contribution in [3.8, 4) is 0 Å². The first-order valence-corrected chi connectivity index (χ1v) is 1.86. The maximum atomic E-state index is 9.00. The smallest absolute Gasteiger partial charge is 0.300 e. The summed E-state index contributed by atoms with van der Waals surface area (Å²) in [6.45, 7) is 2.17. The van der Waals surface area contributed by atoms with Gasteiger partial charge in [-0.15, -0.1) is 0 Å². The molecule has 0 rings (SSSR count). The van der Waals surface area contributed by atoms with E-state index in [9.17, 15) is 0 Å². The van der Waals surface area contributed by atoms with E-state index in [0.717, 1.165) is 13.8 Å². The van der Waals surface area contributed by atoms with Crippen LogP contribution in [0.2, 0.25) is 0 Å². The van der Waals surface area contributed by atoms with Crippen LogP contribution in [0.4, 0.5) is 0 Å². The normalized spacial score (nSPS) is 3.57. The van der Waals surface area contributed by atoms with E-state index in [4.69, 9.17) is 19.8 Å². The third kappa shape index (κ3) is 9160. The SMILES string of the molecule is CC(=O)O.CC(=O)O.[Au].[Au].[CH3-].[CH3-].[CH3-].[CH3-]. The molecule has 0 fully saturated rings. The molecule has 0 aromatic heterocycles. The number of aliphatic carboxylic acids is 2. The Balaban J connectivity index is -0.00000000600. The number of hydrogen-bond acceptors (Lipinski definition) is 2. The van der Waals surface area contributed by atoms with Crippen LogP contribution in [0.3, 0.4) is 0 Å². The minimum Gasteiger partial charge on any atom is -0.481 e. The van der Waals surface area contributed by atoms with E-state index in [2.05, 4.69) is 0 Å². The van der Waals surface area contributed by atoms with Crippen LogP contribution < -0.4 is 0 Å². The number of carboxylic acid groups (broad SMARTS) is 2. The molecule has 0 saturated carbocycles. The molecule has 2 N–H and O–H groups in total. The summed E-state index contributed by atoms with van der Waals surface area (Å²) in [5, 5.41) is 14.8. The average molecular weight is 574 g/mol. The first kappa shape index (κ1) is 63.0. The Morgan fingerprint density at radius 1 is 0.714 bits per heavy atom. The number of carboxylic acids is 2. The van der Waals surface area contributed by atoms with Crippen LogP contribution in [0.25, 0.3) is 0 Å². The van der Waals surface area contributed by atoms with Gasteiger partial charge in [0, 0.05) is 58.6 Å². The van der Waals surface area contributed by atoms with Gasteiger partial charge in [-0.2, -0.15) is 0 Å². The van der Waals surface area contributed by atoms with Gasteiger partial charge in [0.15, 0.2) is 0 Å². The molecule has 0 spiro atoms. The molecular formula is C8H20Au2O4-4. The van der Waals surface area contributed by atoms with Crippen LogP contribution in [0.5, 0.6) is 0 Å². The average Bonchev–Trinajstić information content (AvgIpc) is 1.25. The molecule has 4 nitrogen and oxygen atoms in total. The fourth-order valence-corrected chi connectivity index (χ4v) is 0. The Hall–Kier alpha value is 0.421. The van der Waals surface area contributed by atoms with E-state index in [-0.39, 0.29) is 74.5 Å². The fraction of sp³-hybridized carbons (Fsp3) is 0.250. The summed E-state index contributed by atoms with van der Waals surface area (Å²) in [5.41, 5.74) is 0. The van der Waals surface area contributed by atoms with Gasteiger partial charge in [0.2, 0.25) is 0 Å². The largest absolute Gasteiger partial charge is 0.481 e. The van der Waals surface area contributed by atoms with Crippen LogP contribution in [-0.4, -0.2) is 22.2 Å². The second-order valence-electron chi connectivity index (χ2n) is 1.04. The van der Waals surface area contributed by atoms with Crippen molar-refractivity contribution in [3.05, 3.63) is 29.7 Å². The van der Waals surface area contributed by atoms with Crippen LogP contribution in [0, 0.1) is 29.7 Å². The van der Waals surface area contributed by atoms with Crippen LogP contribution in [0.15, 0.2) is 0 Å². The van der Waals surface area contributed by atoms with Crippen molar-refractivity contribution < 1.29 is 64.6 Å². The Morgan fingerprint density at radius 2 is 0.714 bits per heavy atom. The molecular weight excluding hydrogens is 554 g/mol. The maximum Gasteiger partial charge on any atom is 0.300 e. The Bertz CT molecular complexity index is 77.3. The van der Waals surface area contributed by atoms with Crippen LogP contribution >= 0.6 is 0 Å². The van der Waals surface area contributed by atoms with Crippen molar-refractivity contribution in [1.29, 1.82) is 0 Å². The molecule has 0 heterocycles. The first-order chi connectivity index (χ1) is 3.46. The van der Waals surface area contributed by atoms with Gasteiger partial charge >= 0.3 is 0 Å². The molecule has 2 radical (unpaired) electrons. The topological polar surface area (TPSA) is 74.6 Å². The molecule has 0 aromatic rings. The molecule has 0 aromatic carbocycles. The molecule has 0 aliphatic heterocycles. The van der Waals surface area contributed by atoms with Crippen molar-refractivity contribution >= 4 is 11.9 Å². The van der Waals surface area contributed by atoms with Crippen LogP contribution in [-0.2, 0) is 54.3 Å². The van der Waals surface area contributed by atoms with Gasteiger partial charge < -0.3 is 39.9 Å². The van der Waals surface area contributed by atoms with E-state index in [1.165, 1.54) is 0 Å². The molecule has 14 heavy (non-hydrogen) atoms. The Labute approximate surface area is 120 Å². The summed E-state index contributed by atoms with van der Waals surface area (Å²) in [6.07, 6.45) is 0. The van der Waals surface area contributed by atoms with Crippen molar-refractivity contribution in [2.75, 3.05) is 0 Å². The third-order valence-corrected chi connectivity index (χ3v) is 0. The fourth-order valence-electron chi connectivity index (χ4n) is 0. The van der Waals surface area contributed by atoms with Gasteiger partial charge in [-0.3, -0.25) is 9.59 Å². The van der Waals surface area contributed by atoms with Crippen molar-refractivity contribution in [3.63, 3.8) is 0 Å². The van der Waals surface area contributed by atoms with Crippen molar-refractivity contribution in [2.45, 2.75) is 13.8 Å². The van der Waals surface area contributed by atoms with E-state index in [1.807, 2.05) is 0 Å². The molecule has 0 aliphatic carbocycles. The summed E-state index contributed by atoms with van der Waals surface area (Å²) < 4.78 is 0. The predicted octanol–water partition coefficient (Wildman–Crippen LogP) is 1.98. The van der Waals surface area contributed by atoms with E-state index in [1.54, 1.807) is 0 Å². The minimum absolute atomic E-state index is 0. The summed E-state index contributed by atoms with van der Waals surface area (Å²) in [6, 6.07) is 0. The Kier molecular flexibility index (Phi) is 226.